The van der Waals surface area contributed by atoms with Crippen LogP contribution < -0.4 is 5.73 Å². The molecule has 2 atom stereocenters. The maximum absolute atomic E-state index is 14.0. The third kappa shape index (κ3) is 2.68. The van der Waals surface area contributed by atoms with Crippen LogP contribution in [-0.2, 0) is 0 Å². The van der Waals surface area contributed by atoms with Crippen molar-refractivity contribution in [3.63, 3.8) is 0 Å². The predicted octanol–water partition coefficient (Wildman–Crippen LogP) is 3.35. The molecule has 2 unspecified atom stereocenters. The van der Waals surface area contributed by atoms with E-state index < -0.39 is 0 Å². The van der Waals surface area contributed by atoms with Crippen LogP contribution in [0.2, 0.25) is 5.02 Å². The molecule has 1 aromatic carbocycles. The second-order valence-corrected chi connectivity index (χ2v) is 5.33. The van der Waals surface area contributed by atoms with E-state index >= 15 is 0 Å². The molecule has 1 aromatic rings. The van der Waals surface area contributed by atoms with Crippen molar-refractivity contribution in [3.8, 4) is 0 Å². The monoisotopic (exact) mass is 270 g/mol. The maximum Gasteiger partial charge on any atom is 0.145 e. The molecule has 18 heavy (non-hydrogen) atoms. The van der Waals surface area contributed by atoms with E-state index in [9.17, 15) is 4.39 Å². The molecule has 100 valence electrons. The van der Waals surface area contributed by atoms with E-state index in [1.165, 1.54) is 0 Å². The van der Waals surface area contributed by atoms with Crippen LogP contribution in [0.15, 0.2) is 18.2 Å². The number of hydrogen-bond donors (Lipinski definition) is 1. The lowest BCUT2D eigenvalue weighted by molar-refractivity contribution is 0.244. The zero-order valence-corrected chi connectivity index (χ0v) is 11.5. The van der Waals surface area contributed by atoms with Crippen LogP contribution >= 0.6 is 11.6 Å². The van der Waals surface area contributed by atoms with Gasteiger partial charge in [-0.15, -0.1) is 0 Å². The number of halogens is 2. The zero-order valence-electron chi connectivity index (χ0n) is 10.7. The van der Waals surface area contributed by atoms with Crippen LogP contribution in [0.1, 0.15) is 37.7 Å². The first-order chi connectivity index (χ1) is 8.65. The van der Waals surface area contributed by atoms with Crippen LogP contribution in [0.4, 0.5) is 4.39 Å². The Morgan fingerprint density at radius 2 is 2.28 bits per heavy atom. The number of hydrogen-bond acceptors (Lipinski definition) is 2. The minimum absolute atomic E-state index is 0.0561. The molecular formula is C14H20ClFN2. The Balaban J connectivity index is 2.13. The topological polar surface area (TPSA) is 29.3 Å². The van der Waals surface area contributed by atoms with E-state index in [1.54, 1.807) is 18.2 Å². The lowest BCUT2D eigenvalue weighted by Crippen LogP contribution is -2.40. The predicted molar refractivity (Wildman–Crippen MR) is 73.2 cm³/mol. The average Bonchev–Trinajstić information content (AvgIpc) is 2.72. The quantitative estimate of drug-likeness (QED) is 0.909. The molecule has 0 amide bonds. The summed E-state index contributed by atoms with van der Waals surface area (Å²) in [6, 6.07) is 5.17. The fourth-order valence-corrected chi connectivity index (χ4v) is 2.83. The fraction of sp³-hybridized carbons (Fsp3) is 0.571. The summed E-state index contributed by atoms with van der Waals surface area (Å²) in [6.07, 6.45) is 3.10. The van der Waals surface area contributed by atoms with Crippen LogP contribution in [0.5, 0.6) is 0 Å². The van der Waals surface area contributed by atoms with Crippen molar-refractivity contribution in [2.45, 2.75) is 38.3 Å². The summed E-state index contributed by atoms with van der Waals surface area (Å²) >= 11 is 5.83. The fourth-order valence-electron chi connectivity index (χ4n) is 2.65. The Hall–Kier alpha value is -0.640. The minimum atomic E-state index is -0.308. The van der Waals surface area contributed by atoms with E-state index in [1.807, 2.05) is 0 Å². The van der Waals surface area contributed by atoms with Crippen molar-refractivity contribution in [1.29, 1.82) is 0 Å². The second kappa shape index (κ2) is 6.00. The highest BCUT2D eigenvalue weighted by atomic mass is 35.5. The molecule has 2 rings (SSSR count). The molecule has 0 spiro atoms. The number of nitrogens with two attached hydrogens (primary N) is 1. The Morgan fingerprint density at radius 1 is 1.50 bits per heavy atom. The van der Waals surface area contributed by atoms with Gasteiger partial charge < -0.3 is 5.73 Å². The first-order valence-corrected chi connectivity index (χ1v) is 6.96. The minimum Gasteiger partial charge on any atom is -0.315 e. The summed E-state index contributed by atoms with van der Waals surface area (Å²) < 4.78 is 14.0. The van der Waals surface area contributed by atoms with E-state index in [0.29, 0.717) is 5.56 Å². The summed E-state index contributed by atoms with van der Waals surface area (Å²) in [5.41, 5.74) is 6.89. The van der Waals surface area contributed by atoms with Gasteiger partial charge in [-0.2, -0.15) is 0 Å². The smallest absolute Gasteiger partial charge is 0.145 e. The van der Waals surface area contributed by atoms with Crippen LogP contribution in [-0.4, -0.2) is 24.2 Å². The Bertz CT molecular complexity index is 411. The molecule has 0 aliphatic carbocycles. The summed E-state index contributed by atoms with van der Waals surface area (Å²) in [5.74, 6) is -0.252. The van der Waals surface area contributed by atoms with Crippen molar-refractivity contribution in [3.05, 3.63) is 34.6 Å². The first-order valence-electron chi connectivity index (χ1n) is 6.58. The summed E-state index contributed by atoms with van der Waals surface area (Å²) in [6.45, 7) is 4.10. The van der Waals surface area contributed by atoms with E-state index in [-0.39, 0.29) is 22.9 Å². The molecule has 1 saturated heterocycles. The van der Waals surface area contributed by atoms with Gasteiger partial charge in [0.25, 0.3) is 0 Å². The molecule has 0 aromatic heterocycles. The molecule has 1 fully saturated rings. The third-order valence-corrected chi connectivity index (χ3v) is 4.03. The Labute approximate surface area is 113 Å². The maximum atomic E-state index is 14.0. The molecule has 1 heterocycles. The number of rotatable bonds is 4. The third-order valence-electron chi connectivity index (χ3n) is 3.74. The van der Waals surface area contributed by atoms with Gasteiger partial charge in [0.2, 0.25) is 0 Å². The van der Waals surface area contributed by atoms with E-state index in [2.05, 4.69) is 11.8 Å². The van der Waals surface area contributed by atoms with Crippen molar-refractivity contribution in [1.82, 2.24) is 4.90 Å². The molecule has 0 radical (unpaired) electrons. The Morgan fingerprint density at radius 3 is 3.00 bits per heavy atom. The van der Waals surface area contributed by atoms with Gasteiger partial charge in [0.15, 0.2) is 0 Å². The number of nitrogens with zero attached hydrogens (tertiary/aromatic N) is 1. The molecule has 0 bridgehead atoms. The molecule has 2 N–H and O–H groups in total. The van der Waals surface area contributed by atoms with Gasteiger partial charge >= 0.3 is 0 Å². The zero-order chi connectivity index (χ0) is 13.1. The van der Waals surface area contributed by atoms with Crippen LogP contribution in [0.3, 0.4) is 0 Å². The van der Waals surface area contributed by atoms with Crippen molar-refractivity contribution >= 4 is 11.6 Å². The number of likely N-dealkylation sites (tertiary alicyclic amines) is 1. The van der Waals surface area contributed by atoms with Gasteiger partial charge in [0.1, 0.15) is 5.82 Å². The summed E-state index contributed by atoms with van der Waals surface area (Å²) in [4.78, 5) is 2.24. The number of unbranched alkanes of at least 4 members (excludes halogenated alkanes) is 1. The largest absolute Gasteiger partial charge is 0.315 e. The Kier molecular flexibility index (Phi) is 4.60. The molecule has 0 saturated carbocycles. The van der Waals surface area contributed by atoms with Crippen molar-refractivity contribution in [2.75, 3.05) is 13.1 Å². The van der Waals surface area contributed by atoms with E-state index in [4.69, 9.17) is 17.3 Å². The van der Waals surface area contributed by atoms with Gasteiger partial charge in [-0.05, 0) is 31.0 Å². The molecule has 2 nitrogen and oxygen atoms in total. The van der Waals surface area contributed by atoms with Crippen molar-refractivity contribution < 1.29 is 4.39 Å². The SMILES string of the molecule is CCCCN1CCC(c2cccc(Cl)c2F)C1N. The molecule has 1 aliphatic heterocycles. The lowest BCUT2D eigenvalue weighted by Gasteiger charge is -2.24. The first kappa shape index (κ1) is 13.8. The highest BCUT2D eigenvalue weighted by Gasteiger charge is 2.33. The van der Waals surface area contributed by atoms with Crippen LogP contribution in [0, 0.1) is 5.82 Å². The van der Waals surface area contributed by atoms with Crippen LogP contribution in [0.25, 0.3) is 0 Å². The molecular weight excluding hydrogens is 251 g/mol. The van der Waals surface area contributed by atoms with E-state index in [0.717, 1.165) is 32.4 Å². The lowest BCUT2D eigenvalue weighted by atomic mass is 9.95. The van der Waals surface area contributed by atoms with Crippen molar-refractivity contribution in [2.24, 2.45) is 5.73 Å². The van der Waals surface area contributed by atoms with Gasteiger partial charge in [-0.1, -0.05) is 37.1 Å². The normalized spacial score (nSPS) is 24.7. The summed E-state index contributed by atoms with van der Waals surface area (Å²) in [5, 5.41) is 0.187. The summed E-state index contributed by atoms with van der Waals surface area (Å²) in [7, 11) is 0. The average molecular weight is 271 g/mol. The standard InChI is InChI=1S/C14H20ClFN2/c1-2-3-8-18-9-7-11(14(18)17)10-5-4-6-12(15)13(10)16/h4-6,11,14H,2-3,7-9,17H2,1H3. The molecule has 4 heteroatoms. The van der Waals surface area contributed by atoms with Gasteiger partial charge in [0, 0.05) is 12.5 Å². The second-order valence-electron chi connectivity index (χ2n) is 4.92. The highest BCUT2D eigenvalue weighted by molar-refractivity contribution is 6.30. The van der Waals surface area contributed by atoms with Gasteiger partial charge in [-0.25, -0.2) is 4.39 Å². The van der Waals surface area contributed by atoms with Gasteiger partial charge in [0.05, 0.1) is 11.2 Å². The highest BCUT2D eigenvalue weighted by Crippen LogP contribution is 2.34. The van der Waals surface area contributed by atoms with Gasteiger partial charge in [-0.3, -0.25) is 4.90 Å². The molecule has 1 aliphatic rings. The number of benzene rings is 1.